The van der Waals surface area contributed by atoms with Crippen molar-refractivity contribution in [3.05, 3.63) is 95.9 Å². The van der Waals surface area contributed by atoms with Crippen LogP contribution in [0.5, 0.6) is 5.88 Å². The standard InChI is InChI=1S/C34H41FN4O3/c1-4-17-38(18-5-2)33(41)25-11-12-26-22-39(34(42)29(26)21-25)31(20-24-9-7-6-8-10-24)30(36)19-23(3)32(40)37-28-15-13-27(35)14-16-28/h6-16,21-23,30-31,42H,4-5,17-20,36H2,1-3H3,(H,37,40)/t23-,30+,31+/m1/s1. The van der Waals surface area contributed by atoms with Crippen molar-refractivity contribution in [3.8, 4) is 5.88 Å². The Morgan fingerprint density at radius 1 is 1.00 bits per heavy atom. The fourth-order valence-corrected chi connectivity index (χ4v) is 5.42. The van der Waals surface area contributed by atoms with Gasteiger partial charge in [0.15, 0.2) is 5.88 Å². The monoisotopic (exact) mass is 572 g/mol. The molecule has 0 saturated heterocycles. The number of benzene rings is 3. The number of halogens is 1. The van der Waals surface area contributed by atoms with E-state index in [1.165, 1.54) is 24.3 Å². The van der Waals surface area contributed by atoms with Gasteiger partial charge in [-0.15, -0.1) is 0 Å². The highest BCUT2D eigenvalue weighted by Crippen LogP contribution is 2.34. The van der Waals surface area contributed by atoms with Crippen LogP contribution in [0.3, 0.4) is 0 Å². The molecule has 0 spiro atoms. The second kappa shape index (κ2) is 14.1. The number of aromatic nitrogens is 1. The third-order valence-corrected chi connectivity index (χ3v) is 7.66. The Morgan fingerprint density at radius 3 is 2.31 bits per heavy atom. The zero-order valence-electron chi connectivity index (χ0n) is 24.6. The molecule has 222 valence electrons. The number of hydrogen-bond donors (Lipinski definition) is 3. The van der Waals surface area contributed by atoms with Gasteiger partial charge in [-0.05, 0) is 67.6 Å². The molecule has 0 unspecified atom stereocenters. The predicted molar refractivity (Wildman–Crippen MR) is 166 cm³/mol. The van der Waals surface area contributed by atoms with Crippen LogP contribution in [0, 0.1) is 11.7 Å². The van der Waals surface area contributed by atoms with Gasteiger partial charge in [-0.25, -0.2) is 4.39 Å². The van der Waals surface area contributed by atoms with Crippen LogP contribution in [-0.4, -0.2) is 45.5 Å². The third-order valence-electron chi connectivity index (χ3n) is 7.66. The van der Waals surface area contributed by atoms with Gasteiger partial charge in [0.1, 0.15) is 5.82 Å². The number of nitrogens with one attached hydrogen (secondary N) is 1. The second-order valence-electron chi connectivity index (χ2n) is 11.0. The van der Waals surface area contributed by atoms with E-state index in [-0.39, 0.29) is 29.6 Å². The molecule has 0 bridgehead atoms. The molecule has 1 heterocycles. The van der Waals surface area contributed by atoms with Gasteiger partial charge in [0, 0.05) is 53.3 Å². The van der Waals surface area contributed by atoms with Crippen molar-refractivity contribution in [2.45, 2.75) is 58.5 Å². The normalized spacial score (nSPS) is 13.5. The molecule has 4 N–H and O–H groups in total. The maximum absolute atomic E-state index is 13.3. The van der Waals surface area contributed by atoms with Crippen LogP contribution >= 0.6 is 0 Å². The molecule has 3 atom stereocenters. The lowest BCUT2D eigenvalue weighted by Gasteiger charge is -2.28. The molecule has 0 aliphatic carbocycles. The van der Waals surface area contributed by atoms with Gasteiger partial charge < -0.3 is 25.6 Å². The first kappa shape index (κ1) is 30.8. The number of rotatable bonds is 13. The topological polar surface area (TPSA) is 101 Å². The third kappa shape index (κ3) is 7.36. The van der Waals surface area contributed by atoms with E-state index in [1.54, 1.807) is 23.6 Å². The Hall–Kier alpha value is -4.17. The zero-order chi connectivity index (χ0) is 30.2. The highest BCUT2D eigenvalue weighted by atomic mass is 19.1. The quantitative estimate of drug-likeness (QED) is 0.170. The summed E-state index contributed by atoms with van der Waals surface area (Å²) < 4.78 is 15.1. The molecule has 0 aliphatic heterocycles. The number of carbonyl (C=O) groups excluding carboxylic acids is 2. The molecular formula is C34H41FN4O3. The van der Waals surface area contributed by atoms with Crippen molar-refractivity contribution in [2.24, 2.45) is 11.7 Å². The first-order chi connectivity index (χ1) is 20.2. The van der Waals surface area contributed by atoms with Gasteiger partial charge in [0.2, 0.25) is 5.91 Å². The summed E-state index contributed by atoms with van der Waals surface area (Å²) in [6.45, 7) is 7.26. The molecule has 3 aromatic carbocycles. The summed E-state index contributed by atoms with van der Waals surface area (Å²) in [6, 6.07) is 20.1. The zero-order valence-corrected chi connectivity index (χ0v) is 24.6. The summed E-state index contributed by atoms with van der Waals surface area (Å²) in [5.41, 5.74) is 8.90. The Morgan fingerprint density at radius 2 is 1.67 bits per heavy atom. The molecular weight excluding hydrogens is 531 g/mol. The van der Waals surface area contributed by atoms with Gasteiger partial charge in [-0.3, -0.25) is 9.59 Å². The summed E-state index contributed by atoms with van der Waals surface area (Å²) in [5, 5.41) is 15.7. The molecule has 8 heteroatoms. The lowest BCUT2D eigenvalue weighted by atomic mass is 9.92. The fourth-order valence-electron chi connectivity index (χ4n) is 5.42. The maximum Gasteiger partial charge on any atom is 0.253 e. The van der Waals surface area contributed by atoms with E-state index in [2.05, 4.69) is 19.2 Å². The predicted octanol–water partition coefficient (Wildman–Crippen LogP) is 6.52. The van der Waals surface area contributed by atoms with Gasteiger partial charge in [0.25, 0.3) is 5.91 Å². The fraction of sp³-hybridized carbons (Fsp3) is 0.353. The van der Waals surface area contributed by atoms with Crippen LogP contribution in [0.4, 0.5) is 10.1 Å². The molecule has 2 amide bonds. The highest BCUT2D eigenvalue weighted by molar-refractivity contribution is 6.00. The highest BCUT2D eigenvalue weighted by Gasteiger charge is 2.28. The van der Waals surface area contributed by atoms with E-state index in [4.69, 9.17) is 5.73 Å². The van der Waals surface area contributed by atoms with Crippen LogP contribution in [0.25, 0.3) is 10.8 Å². The van der Waals surface area contributed by atoms with Crippen LogP contribution in [-0.2, 0) is 11.2 Å². The Kier molecular flexibility index (Phi) is 10.4. The Balaban J connectivity index is 1.61. The molecule has 4 rings (SSSR count). The van der Waals surface area contributed by atoms with Gasteiger partial charge in [-0.2, -0.15) is 0 Å². The van der Waals surface area contributed by atoms with Gasteiger partial charge >= 0.3 is 0 Å². The van der Waals surface area contributed by atoms with Gasteiger partial charge in [0.05, 0.1) is 6.04 Å². The average Bonchev–Trinajstić information content (AvgIpc) is 3.32. The molecule has 7 nitrogen and oxygen atoms in total. The summed E-state index contributed by atoms with van der Waals surface area (Å²) in [7, 11) is 0. The number of anilines is 1. The van der Waals surface area contributed by atoms with Crippen molar-refractivity contribution < 1.29 is 19.1 Å². The van der Waals surface area contributed by atoms with Crippen molar-refractivity contribution in [1.29, 1.82) is 0 Å². The van der Waals surface area contributed by atoms with E-state index < -0.39 is 12.0 Å². The van der Waals surface area contributed by atoms with E-state index >= 15 is 0 Å². The van der Waals surface area contributed by atoms with Crippen LogP contribution < -0.4 is 11.1 Å². The number of carbonyl (C=O) groups is 2. The minimum absolute atomic E-state index is 0.0389. The summed E-state index contributed by atoms with van der Waals surface area (Å²) in [4.78, 5) is 28.1. The number of nitrogens with zero attached hydrogens (tertiary/aromatic N) is 2. The van der Waals surface area contributed by atoms with Crippen molar-refractivity contribution in [1.82, 2.24) is 9.47 Å². The second-order valence-corrected chi connectivity index (χ2v) is 11.0. The number of amides is 2. The van der Waals surface area contributed by atoms with Crippen LogP contribution in [0.1, 0.15) is 62.0 Å². The van der Waals surface area contributed by atoms with Crippen LogP contribution in [0.2, 0.25) is 0 Å². The van der Waals surface area contributed by atoms with Crippen molar-refractivity contribution in [2.75, 3.05) is 18.4 Å². The first-order valence-electron chi connectivity index (χ1n) is 14.7. The van der Waals surface area contributed by atoms with E-state index in [9.17, 15) is 19.1 Å². The molecule has 4 aromatic rings. The van der Waals surface area contributed by atoms with E-state index in [1.807, 2.05) is 47.5 Å². The van der Waals surface area contributed by atoms with E-state index in [0.29, 0.717) is 42.6 Å². The van der Waals surface area contributed by atoms with Crippen LogP contribution in [0.15, 0.2) is 79.0 Å². The Bertz CT molecular complexity index is 1480. The largest absolute Gasteiger partial charge is 0.494 e. The minimum Gasteiger partial charge on any atom is -0.494 e. The SMILES string of the molecule is CCCN(CCC)C(=O)c1ccc2cn([C@@H](Cc3ccccc3)[C@@H](N)C[C@@H](C)C(=O)Nc3ccc(F)cc3)c(O)c2c1. The Labute approximate surface area is 247 Å². The number of nitrogens with two attached hydrogens (primary N) is 1. The molecule has 42 heavy (non-hydrogen) atoms. The number of hydrogen-bond acceptors (Lipinski definition) is 4. The molecule has 0 aliphatic rings. The molecule has 0 saturated carbocycles. The van der Waals surface area contributed by atoms with Crippen molar-refractivity contribution >= 4 is 28.3 Å². The van der Waals surface area contributed by atoms with Gasteiger partial charge in [-0.1, -0.05) is 57.2 Å². The summed E-state index contributed by atoms with van der Waals surface area (Å²) >= 11 is 0. The van der Waals surface area contributed by atoms with Crippen molar-refractivity contribution in [3.63, 3.8) is 0 Å². The molecule has 1 aromatic heterocycles. The number of aromatic hydroxyl groups is 1. The minimum atomic E-state index is -0.488. The maximum atomic E-state index is 13.3. The molecule has 0 fully saturated rings. The first-order valence-corrected chi connectivity index (χ1v) is 14.7. The summed E-state index contributed by atoms with van der Waals surface area (Å²) in [6.07, 6.45) is 4.50. The summed E-state index contributed by atoms with van der Waals surface area (Å²) in [5.74, 6) is -1.04. The lowest BCUT2D eigenvalue weighted by Crippen LogP contribution is -2.37. The lowest BCUT2D eigenvalue weighted by molar-refractivity contribution is -0.119. The average molecular weight is 573 g/mol. The smallest absolute Gasteiger partial charge is 0.253 e. The van der Waals surface area contributed by atoms with E-state index in [0.717, 1.165) is 23.8 Å². The number of fused-ring (bicyclic) bond motifs is 1. The molecule has 0 radical (unpaired) electrons.